The summed E-state index contributed by atoms with van der Waals surface area (Å²) in [5.74, 6) is 0. The summed E-state index contributed by atoms with van der Waals surface area (Å²) in [6, 6.07) is 36.0. The van der Waals surface area contributed by atoms with E-state index in [1.165, 1.54) is 27.8 Å². The Kier molecular flexibility index (Phi) is 4.55. The Hall–Kier alpha value is -4.81. The van der Waals surface area contributed by atoms with Gasteiger partial charge in [0.25, 0.3) is 0 Å². The van der Waals surface area contributed by atoms with Gasteiger partial charge in [-0.25, -0.2) is 4.98 Å². The molecule has 37 heavy (non-hydrogen) atoms. The van der Waals surface area contributed by atoms with Crippen molar-refractivity contribution in [2.24, 2.45) is 0 Å². The first kappa shape index (κ1) is 21.5. The molecule has 0 saturated carbocycles. The summed E-state index contributed by atoms with van der Waals surface area (Å²) < 4.78 is 0. The SMILES string of the molecule is CC1(C)c2cc(-c3ccc(C#N)cc3)ccc2-c2ccc(-c3ccc4ccc5cccnc5c4n3)cc21. The van der Waals surface area contributed by atoms with Crippen molar-refractivity contribution in [1.82, 2.24) is 9.97 Å². The summed E-state index contributed by atoms with van der Waals surface area (Å²) >= 11 is 0. The van der Waals surface area contributed by atoms with Gasteiger partial charge >= 0.3 is 0 Å². The van der Waals surface area contributed by atoms with E-state index >= 15 is 0 Å². The molecule has 3 heteroatoms. The van der Waals surface area contributed by atoms with Gasteiger partial charge in [-0.05, 0) is 69.8 Å². The van der Waals surface area contributed by atoms with Crippen LogP contribution in [0.2, 0.25) is 0 Å². The average molecular weight is 474 g/mol. The van der Waals surface area contributed by atoms with Crippen LogP contribution in [-0.2, 0) is 5.41 Å². The van der Waals surface area contributed by atoms with E-state index in [-0.39, 0.29) is 5.41 Å². The van der Waals surface area contributed by atoms with Crippen LogP contribution in [0, 0.1) is 11.3 Å². The van der Waals surface area contributed by atoms with E-state index in [1.54, 1.807) is 0 Å². The molecule has 1 aliphatic rings. The van der Waals surface area contributed by atoms with Gasteiger partial charge in [-0.15, -0.1) is 0 Å². The van der Waals surface area contributed by atoms with Gasteiger partial charge in [0, 0.05) is 27.9 Å². The number of pyridine rings is 2. The van der Waals surface area contributed by atoms with E-state index in [0.717, 1.165) is 38.6 Å². The number of benzene rings is 4. The quantitative estimate of drug-likeness (QED) is 0.238. The molecule has 7 rings (SSSR count). The molecule has 174 valence electrons. The predicted octanol–water partition coefficient (Wildman–Crippen LogP) is 8.29. The molecular formula is C34H23N3. The Morgan fingerprint density at radius 3 is 2.00 bits per heavy atom. The molecule has 3 nitrogen and oxygen atoms in total. The largest absolute Gasteiger partial charge is 0.254 e. The van der Waals surface area contributed by atoms with E-state index < -0.39 is 0 Å². The van der Waals surface area contributed by atoms with Gasteiger partial charge in [-0.1, -0.05) is 74.5 Å². The van der Waals surface area contributed by atoms with Crippen LogP contribution in [0.15, 0.2) is 103 Å². The lowest BCUT2D eigenvalue weighted by Gasteiger charge is -2.22. The third-order valence-corrected chi connectivity index (χ3v) is 7.75. The van der Waals surface area contributed by atoms with E-state index in [9.17, 15) is 0 Å². The van der Waals surface area contributed by atoms with Crippen molar-refractivity contribution in [2.45, 2.75) is 19.3 Å². The van der Waals surface area contributed by atoms with Crippen LogP contribution < -0.4 is 0 Å². The molecular weight excluding hydrogens is 450 g/mol. The minimum Gasteiger partial charge on any atom is -0.254 e. The summed E-state index contributed by atoms with van der Waals surface area (Å²) in [5.41, 5.74) is 12.0. The minimum absolute atomic E-state index is 0.144. The lowest BCUT2D eigenvalue weighted by Crippen LogP contribution is -2.15. The molecule has 2 aromatic heterocycles. The zero-order chi connectivity index (χ0) is 25.1. The van der Waals surface area contributed by atoms with Gasteiger partial charge in [-0.3, -0.25) is 4.98 Å². The molecule has 4 aromatic carbocycles. The second-order valence-electron chi connectivity index (χ2n) is 10.2. The van der Waals surface area contributed by atoms with Gasteiger partial charge in [0.15, 0.2) is 0 Å². The Morgan fingerprint density at radius 1 is 0.649 bits per heavy atom. The predicted molar refractivity (Wildman–Crippen MR) is 150 cm³/mol. The summed E-state index contributed by atoms with van der Waals surface area (Å²) in [7, 11) is 0. The molecule has 0 bridgehead atoms. The zero-order valence-electron chi connectivity index (χ0n) is 20.7. The molecule has 0 aliphatic heterocycles. The van der Waals surface area contributed by atoms with Crippen molar-refractivity contribution in [3.8, 4) is 39.6 Å². The minimum atomic E-state index is -0.144. The maximum Gasteiger partial charge on any atom is 0.0991 e. The normalized spacial score (nSPS) is 13.3. The van der Waals surface area contributed by atoms with E-state index in [1.807, 2.05) is 36.5 Å². The number of nitrogens with zero attached hydrogens (tertiary/aromatic N) is 3. The first-order chi connectivity index (χ1) is 18.0. The van der Waals surface area contributed by atoms with Gasteiger partial charge in [0.05, 0.1) is 28.4 Å². The Bertz CT molecular complexity index is 1910. The van der Waals surface area contributed by atoms with Gasteiger partial charge < -0.3 is 0 Å². The van der Waals surface area contributed by atoms with Crippen molar-refractivity contribution in [2.75, 3.05) is 0 Å². The van der Waals surface area contributed by atoms with Gasteiger partial charge in [0.2, 0.25) is 0 Å². The summed E-state index contributed by atoms with van der Waals surface area (Å²) in [4.78, 5) is 9.70. The van der Waals surface area contributed by atoms with Crippen LogP contribution in [0.1, 0.15) is 30.5 Å². The van der Waals surface area contributed by atoms with Gasteiger partial charge in [0.1, 0.15) is 0 Å². The van der Waals surface area contributed by atoms with Crippen molar-refractivity contribution >= 4 is 21.8 Å². The Balaban J connectivity index is 1.33. The first-order valence-electron chi connectivity index (χ1n) is 12.5. The highest BCUT2D eigenvalue weighted by atomic mass is 14.8. The van der Waals surface area contributed by atoms with E-state index in [2.05, 4.69) is 91.6 Å². The number of fused-ring (bicyclic) bond motifs is 6. The standard InChI is InChI=1S/C34H23N3/c1-34(2)29-18-25(22-7-5-21(20-35)6-8-22)11-14-27(29)28-15-12-26(19-30(28)34)31-16-13-24-10-9-23-4-3-17-36-32(23)33(24)37-31/h3-19H,1-2H3. The molecule has 0 atom stereocenters. The summed E-state index contributed by atoms with van der Waals surface area (Å²) in [6.07, 6.45) is 1.83. The van der Waals surface area contributed by atoms with E-state index in [0.29, 0.717) is 5.56 Å². The molecule has 6 aromatic rings. The number of aromatic nitrogens is 2. The van der Waals surface area contributed by atoms with Crippen LogP contribution in [0.4, 0.5) is 0 Å². The third kappa shape index (κ3) is 3.27. The lowest BCUT2D eigenvalue weighted by molar-refractivity contribution is 0.661. The maximum absolute atomic E-state index is 9.14. The second kappa shape index (κ2) is 7.85. The number of hydrogen-bond donors (Lipinski definition) is 0. The summed E-state index contributed by atoms with van der Waals surface area (Å²) in [6.45, 7) is 4.60. The summed E-state index contributed by atoms with van der Waals surface area (Å²) in [5, 5.41) is 11.3. The van der Waals surface area contributed by atoms with E-state index in [4.69, 9.17) is 10.2 Å². The second-order valence-corrected chi connectivity index (χ2v) is 10.2. The van der Waals surface area contributed by atoms with Crippen LogP contribution in [0.3, 0.4) is 0 Å². The molecule has 0 N–H and O–H groups in total. The molecule has 0 amide bonds. The van der Waals surface area contributed by atoms with Crippen molar-refractivity contribution in [3.05, 3.63) is 120 Å². The highest BCUT2D eigenvalue weighted by molar-refractivity contribution is 6.03. The highest BCUT2D eigenvalue weighted by Gasteiger charge is 2.36. The van der Waals surface area contributed by atoms with Crippen molar-refractivity contribution < 1.29 is 0 Å². The molecule has 0 spiro atoms. The van der Waals surface area contributed by atoms with Crippen molar-refractivity contribution in [3.63, 3.8) is 0 Å². The first-order valence-corrected chi connectivity index (χ1v) is 12.5. The van der Waals surface area contributed by atoms with Crippen LogP contribution in [0.25, 0.3) is 55.3 Å². The number of nitriles is 1. The molecule has 2 heterocycles. The zero-order valence-corrected chi connectivity index (χ0v) is 20.7. The number of rotatable bonds is 2. The van der Waals surface area contributed by atoms with Crippen molar-refractivity contribution in [1.29, 1.82) is 5.26 Å². The van der Waals surface area contributed by atoms with Gasteiger partial charge in [-0.2, -0.15) is 5.26 Å². The topological polar surface area (TPSA) is 49.6 Å². The average Bonchev–Trinajstić information content (AvgIpc) is 3.18. The van der Waals surface area contributed by atoms with Crippen LogP contribution >= 0.6 is 0 Å². The Labute approximate surface area is 215 Å². The molecule has 0 unspecified atom stereocenters. The lowest BCUT2D eigenvalue weighted by atomic mass is 9.81. The molecule has 0 fully saturated rings. The fourth-order valence-corrected chi connectivity index (χ4v) is 5.70. The maximum atomic E-state index is 9.14. The number of hydrogen-bond acceptors (Lipinski definition) is 3. The third-order valence-electron chi connectivity index (χ3n) is 7.75. The molecule has 0 saturated heterocycles. The smallest absolute Gasteiger partial charge is 0.0991 e. The highest BCUT2D eigenvalue weighted by Crippen LogP contribution is 2.50. The fourth-order valence-electron chi connectivity index (χ4n) is 5.70. The fraction of sp³-hybridized carbons (Fsp3) is 0.0882. The van der Waals surface area contributed by atoms with Crippen LogP contribution in [-0.4, -0.2) is 9.97 Å². The van der Waals surface area contributed by atoms with Crippen LogP contribution in [0.5, 0.6) is 0 Å². The monoisotopic (exact) mass is 473 g/mol. The molecule has 0 radical (unpaired) electrons. The Morgan fingerprint density at radius 2 is 1.27 bits per heavy atom. The molecule has 1 aliphatic carbocycles.